The number of anilines is 1. The number of nitrogens with one attached hydrogen (secondary N) is 3. The molecule has 1 aromatic carbocycles. The van der Waals surface area contributed by atoms with Gasteiger partial charge in [-0.3, -0.25) is 24.0 Å². The second kappa shape index (κ2) is 18.0. The molecular weight excluding hydrogens is 676 g/mol. The van der Waals surface area contributed by atoms with Crippen LogP contribution in [0.25, 0.3) is 0 Å². The number of halogens is 4. The molecule has 282 valence electrons. The van der Waals surface area contributed by atoms with Gasteiger partial charge in [-0.1, -0.05) is 76.3 Å². The zero-order valence-corrected chi connectivity index (χ0v) is 30.0. The third kappa shape index (κ3) is 9.38. The first-order valence-electron chi connectivity index (χ1n) is 18.5. The number of hydrogen-bond acceptors (Lipinski definition) is 5. The highest BCUT2D eigenvalue weighted by molar-refractivity contribution is 6.01. The fraction of sp³-hybridized carbons (Fsp3) is 0.564. The van der Waals surface area contributed by atoms with Gasteiger partial charge in [-0.05, 0) is 74.4 Å². The minimum atomic E-state index is -3.23. The molecule has 2 unspecified atom stereocenters. The van der Waals surface area contributed by atoms with E-state index in [-0.39, 0.29) is 40.7 Å². The highest BCUT2D eigenvalue weighted by atomic mass is 19.3. The molecule has 4 atom stereocenters. The molecule has 2 aromatic heterocycles. The maximum absolute atomic E-state index is 15.7. The quantitative estimate of drug-likeness (QED) is 0.145. The standard InChI is InChI=1S/C39H50F4N6O3/c1-23(2)49-31(19-21-45-49)38(51)47-34(32(25-12-6-4-7-13-25)26-14-8-5-9-15-26)39(52)46-29-18-17-27(22-28(29)40)24(3)37(50)48-35(36(42)43)33(41)30-16-10-11-20-44-30/h10-11,16-26,32-36H,4-9,12-15H2,1-3H3,(H,46,52)(H,47,51)(H,48,50)/t24-,33?,34-,35?/m0/s1. The van der Waals surface area contributed by atoms with Crippen molar-refractivity contribution in [3.8, 4) is 0 Å². The van der Waals surface area contributed by atoms with Crippen LogP contribution in [0.2, 0.25) is 0 Å². The summed E-state index contributed by atoms with van der Waals surface area (Å²) in [4.78, 5) is 45.0. The smallest absolute Gasteiger partial charge is 0.270 e. The van der Waals surface area contributed by atoms with Crippen LogP contribution in [0.15, 0.2) is 54.9 Å². The van der Waals surface area contributed by atoms with Crippen molar-refractivity contribution in [3.05, 3.63) is 77.6 Å². The van der Waals surface area contributed by atoms with E-state index in [1.807, 2.05) is 13.8 Å². The Bertz CT molecular complexity index is 1620. The van der Waals surface area contributed by atoms with E-state index in [0.717, 1.165) is 70.3 Å². The largest absolute Gasteiger partial charge is 0.344 e. The zero-order valence-electron chi connectivity index (χ0n) is 30.0. The highest BCUT2D eigenvalue weighted by Crippen LogP contribution is 2.42. The molecule has 0 radical (unpaired) electrons. The molecule has 2 aliphatic carbocycles. The Hall–Kier alpha value is -4.29. The van der Waals surface area contributed by atoms with Crippen LogP contribution in [0, 0.1) is 23.6 Å². The van der Waals surface area contributed by atoms with Gasteiger partial charge in [0.25, 0.3) is 12.3 Å². The lowest BCUT2D eigenvalue weighted by Crippen LogP contribution is -2.53. The maximum atomic E-state index is 15.7. The Morgan fingerprint density at radius 2 is 1.46 bits per heavy atom. The Morgan fingerprint density at radius 3 is 2.02 bits per heavy atom. The summed E-state index contributed by atoms with van der Waals surface area (Å²) in [5.41, 5.74) is 0.0719. The molecule has 2 heterocycles. The van der Waals surface area contributed by atoms with E-state index in [1.165, 1.54) is 43.5 Å². The Balaban J connectivity index is 1.37. The Kier molecular flexibility index (Phi) is 13.4. The van der Waals surface area contributed by atoms with Crippen molar-refractivity contribution in [2.24, 2.45) is 17.8 Å². The van der Waals surface area contributed by atoms with E-state index < -0.39 is 54.1 Å². The van der Waals surface area contributed by atoms with Crippen molar-refractivity contribution in [2.75, 3.05) is 5.32 Å². The molecule has 5 rings (SSSR count). The lowest BCUT2D eigenvalue weighted by molar-refractivity contribution is -0.125. The number of carbonyl (C=O) groups is 3. The molecule has 2 fully saturated rings. The first-order chi connectivity index (χ1) is 25.0. The van der Waals surface area contributed by atoms with E-state index in [9.17, 15) is 23.2 Å². The number of carbonyl (C=O) groups excluding carboxylic acids is 3. The molecule has 3 N–H and O–H groups in total. The van der Waals surface area contributed by atoms with Crippen molar-refractivity contribution in [1.29, 1.82) is 0 Å². The second-order valence-electron chi connectivity index (χ2n) is 14.6. The lowest BCUT2D eigenvalue weighted by Gasteiger charge is -2.42. The van der Waals surface area contributed by atoms with Crippen molar-refractivity contribution < 1.29 is 31.9 Å². The van der Waals surface area contributed by atoms with Crippen molar-refractivity contribution >= 4 is 23.4 Å². The van der Waals surface area contributed by atoms with Gasteiger partial charge in [0.1, 0.15) is 23.6 Å². The number of benzene rings is 1. The minimum Gasteiger partial charge on any atom is -0.344 e. The van der Waals surface area contributed by atoms with Crippen LogP contribution < -0.4 is 16.0 Å². The van der Waals surface area contributed by atoms with Gasteiger partial charge >= 0.3 is 0 Å². The summed E-state index contributed by atoms with van der Waals surface area (Å²) in [5.74, 6) is -3.59. The second-order valence-corrected chi connectivity index (χ2v) is 14.6. The summed E-state index contributed by atoms with van der Waals surface area (Å²) in [6.45, 7) is 5.22. The predicted octanol–water partition coefficient (Wildman–Crippen LogP) is 8.08. The molecule has 2 aliphatic rings. The first-order valence-corrected chi connectivity index (χ1v) is 18.5. The third-order valence-electron chi connectivity index (χ3n) is 10.7. The number of rotatable bonds is 14. The van der Waals surface area contributed by atoms with Crippen LogP contribution in [0.5, 0.6) is 0 Å². The molecule has 13 heteroatoms. The topological polar surface area (TPSA) is 118 Å². The van der Waals surface area contributed by atoms with Gasteiger partial charge in [0, 0.05) is 18.4 Å². The number of amides is 3. The first kappa shape index (κ1) is 38.9. The molecule has 0 spiro atoms. The summed E-state index contributed by atoms with van der Waals surface area (Å²) < 4.78 is 60.1. The average Bonchev–Trinajstić information content (AvgIpc) is 3.66. The predicted molar refractivity (Wildman–Crippen MR) is 190 cm³/mol. The number of aromatic nitrogens is 3. The molecular formula is C39H50F4N6O3. The number of alkyl halides is 3. The lowest BCUT2D eigenvalue weighted by atomic mass is 9.66. The van der Waals surface area contributed by atoms with Crippen LogP contribution >= 0.6 is 0 Å². The van der Waals surface area contributed by atoms with Gasteiger partial charge in [-0.15, -0.1) is 0 Å². The van der Waals surface area contributed by atoms with Gasteiger partial charge in [0.2, 0.25) is 11.8 Å². The molecule has 3 amide bonds. The minimum absolute atomic E-state index is 0.0897. The molecule has 3 aromatic rings. The van der Waals surface area contributed by atoms with Gasteiger partial charge in [0.05, 0.1) is 17.3 Å². The van der Waals surface area contributed by atoms with E-state index in [0.29, 0.717) is 5.69 Å². The van der Waals surface area contributed by atoms with E-state index >= 15 is 8.78 Å². The van der Waals surface area contributed by atoms with Crippen LogP contribution in [0.3, 0.4) is 0 Å². The number of nitrogens with zero attached hydrogens (tertiary/aromatic N) is 3. The highest BCUT2D eigenvalue weighted by Gasteiger charge is 2.42. The van der Waals surface area contributed by atoms with Crippen LogP contribution in [-0.2, 0) is 9.59 Å². The number of pyridine rings is 1. The molecule has 2 saturated carbocycles. The molecule has 52 heavy (non-hydrogen) atoms. The maximum Gasteiger partial charge on any atom is 0.270 e. The normalized spacial score (nSPS) is 18.2. The van der Waals surface area contributed by atoms with E-state index in [2.05, 4.69) is 26.0 Å². The summed E-state index contributed by atoms with van der Waals surface area (Å²) in [5, 5.41) is 12.1. The zero-order chi connectivity index (χ0) is 37.4. The van der Waals surface area contributed by atoms with Crippen LogP contribution in [0.4, 0.5) is 23.2 Å². The monoisotopic (exact) mass is 726 g/mol. The molecule has 0 saturated heterocycles. The molecule has 0 aliphatic heterocycles. The fourth-order valence-corrected chi connectivity index (χ4v) is 7.96. The SMILES string of the molecule is CC(C)n1nccc1C(=O)N[C@H](C(=O)Nc1ccc([C@H](C)C(=O)NC(C(F)F)C(F)c2ccccn2)cc1F)C(C1CCCCC1)C1CCCCC1. The van der Waals surface area contributed by atoms with Crippen LogP contribution in [0.1, 0.15) is 125 Å². The summed E-state index contributed by atoms with van der Waals surface area (Å²) in [6.07, 6.45) is 7.56. The molecule has 0 bridgehead atoms. The molecule has 9 nitrogen and oxygen atoms in total. The van der Waals surface area contributed by atoms with Gasteiger partial charge < -0.3 is 16.0 Å². The summed E-state index contributed by atoms with van der Waals surface area (Å²) in [6, 6.07) is 6.42. The summed E-state index contributed by atoms with van der Waals surface area (Å²) in [7, 11) is 0. The van der Waals surface area contributed by atoms with Crippen molar-refractivity contribution in [3.63, 3.8) is 0 Å². The third-order valence-corrected chi connectivity index (χ3v) is 10.7. The van der Waals surface area contributed by atoms with E-state index in [4.69, 9.17) is 0 Å². The van der Waals surface area contributed by atoms with Gasteiger partial charge in [-0.25, -0.2) is 17.6 Å². The fourth-order valence-electron chi connectivity index (χ4n) is 7.96. The van der Waals surface area contributed by atoms with Crippen molar-refractivity contribution in [1.82, 2.24) is 25.4 Å². The van der Waals surface area contributed by atoms with Crippen molar-refractivity contribution in [2.45, 2.75) is 122 Å². The average molecular weight is 727 g/mol. The van der Waals surface area contributed by atoms with Crippen LogP contribution in [-0.4, -0.2) is 51.0 Å². The Morgan fingerprint density at radius 1 is 0.808 bits per heavy atom. The Labute approximate surface area is 302 Å². The van der Waals surface area contributed by atoms with Gasteiger partial charge in [0.15, 0.2) is 6.17 Å². The summed E-state index contributed by atoms with van der Waals surface area (Å²) >= 11 is 0. The number of hydrogen-bond donors (Lipinski definition) is 3. The van der Waals surface area contributed by atoms with Gasteiger partial charge in [-0.2, -0.15) is 5.10 Å². The van der Waals surface area contributed by atoms with E-state index in [1.54, 1.807) is 16.9 Å².